The number of nitrogens with two attached hydrogens (primary N) is 1. The van der Waals surface area contributed by atoms with Gasteiger partial charge < -0.3 is 10.5 Å². The molecule has 1 aromatic heterocycles. The molecular formula is C13H9Br2F3N2O. The Kier molecular flexibility index (Phi) is 4.90. The maximum absolute atomic E-state index is 12.4. The SMILES string of the molecule is NC(c1ccccc1OC(F)(F)F)c1ncc(Br)cc1Br. The molecule has 0 aliphatic carbocycles. The molecule has 21 heavy (non-hydrogen) atoms. The topological polar surface area (TPSA) is 48.1 Å². The predicted octanol–water partition coefficient (Wildman–Crippen LogP) is 4.55. The molecule has 2 rings (SSSR count). The Labute approximate surface area is 135 Å². The van der Waals surface area contributed by atoms with Crippen LogP contribution < -0.4 is 10.5 Å². The first-order valence-corrected chi connectivity index (χ1v) is 7.28. The Morgan fingerprint density at radius 2 is 1.86 bits per heavy atom. The van der Waals surface area contributed by atoms with Crippen molar-refractivity contribution in [1.82, 2.24) is 4.98 Å². The lowest BCUT2D eigenvalue weighted by molar-refractivity contribution is -0.274. The molecular weight excluding hydrogens is 417 g/mol. The molecule has 0 radical (unpaired) electrons. The highest BCUT2D eigenvalue weighted by atomic mass is 79.9. The minimum Gasteiger partial charge on any atom is -0.405 e. The molecule has 2 N–H and O–H groups in total. The molecule has 112 valence electrons. The Morgan fingerprint density at radius 1 is 1.19 bits per heavy atom. The third-order valence-electron chi connectivity index (χ3n) is 2.61. The lowest BCUT2D eigenvalue weighted by atomic mass is 10.0. The van der Waals surface area contributed by atoms with Gasteiger partial charge in [-0.3, -0.25) is 4.98 Å². The van der Waals surface area contributed by atoms with Crippen LogP contribution in [0.5, 0.6) is 5.75 Å². The Morgan fingerprint density at radius 3 is 2.48 bits per heavy atom. The van der Waals surface area contributed by atoms with Gasteiger partial charge in [0.2, 0.25) is 0 Å². The highest BCUT2D eigenvalue weighted by Gasteiger charge is 2.33. The molecule has 0 aliphatic heterocycles. The molecule has 0 saturated carbocycles. The average molecular weight is 426 g/mol. The lowest BCUT2D eigenvalue weighted by Crippen LogP contribution is -2.21. The number of benzene rings is 1. The van der Waals surface area contributed by atoms with Gasteiger partial charge in [0, 0.05) is 20.7 Å². The summed E-state index contributed by atoms with van der Waals surface area (Å²) in [6.45, 7) is 0. The Bertz CT molecular complexity index is 650. The van der Waals surface area contributed by atoms with Crippen LogP contribution in [0.15, 0.2) is 45.5 Å². The number of ether oxygens (including phenoxy) is 1. The fraction of sp³-hybridized carbons (Fsp3) is 0.154. The second-order valence-corrected chi connectivity index (χ2v) is 5.85. The zero-order chi connectivity index (χ0) is 15.6. The summed E-state index contributed by atoms with van der Waals surface area (Å²) >= 11 is 6.54. The molecule has 1 aromatic carbocycles. The van der Waals surface area contributed by atoms with Crippen LogP contribution in [0.2, 0.25) is 0 Å². The van der Waals surface area contributed by atoms with Crippen LogP contribution in [0.25, 0.3) is 0 Å². The first-order chi connectivity index (χ1) is 9.78. The normalized spacial score (nSPS) is 13.0. The summed E-state index contributed by atoms with van der Waals surface area (Å²) in [4.78, 5) is 4.14. The lowest BCUT2D eigenvalue weighted by Gasteiger charge is -2.18. The maximum atomic E-state index is 12.4. The van der Waals surface area contributed by atoms with Crippen molar-refractivity contribution < 1.29 is 17.9 Å². The van der Waals surface area contributed by atoms with E-state index in [0.717, 1.165) is 4.47 Å². The molecule has 1 unspecified atom stereocenters. The molecule has 0 bridgehead atoms. The Balaban J connectivity index is 2.41. The van der Waals surface area contributed by atoms with Crippen LogP contribution in [0.3, 0.4) is 0 Å². The summed E-state index contributed by atoms with van der Waals surface area (Å²) in [7, 11) is 0. The third kappa shape index (κ3) is 4.18. The van der Waals surface area contributed by atoms with Gasteiger partial charge in [-0.25, -0.2) is 0 Å². The largest absolute Gasteiger partial charge is 0.573 e. The number of nitrogens with zero attached hydrogens (tertiary/aromatic N) is 1. The second kappa shape index (κ2) is 6.33. The second-order valence-electron chi connectivity index (χ2n) is 4.08. The van der Waals surface area contributed by atoms with Gasteiger partial charge in [-0.1, -0.05) is 18.2 Å². The van der Waals surface area contributed by atoms with Crippen LogP contribution >= 0.6 is 31.9 Å². The van der Waals surface area contributed by atoms with E-state index in [2.05, 4.69) is 41.6 Å². The van der Waals surface area contributed by atoms with E-state index < -0.39 is 12.4 Å². The summed E-state index contributed by atoms with van der Waals surface area (Å²) in [6, 6.07) is 6.59. The average Bonchev–Trinajstić information content (AvgIpc) is 2.36. The van der Waals surface area contributed by atoms with Crippen molar-refractivity contribution in [3.05, 3.63) is 56.7 Å². The van der Waals surface area contributed by atoms with Crippen molar-refractivity contribution in [2.75, 3.05) is 0 Å². The van der Waals surface area contributed by atoms with Gasteiger partial charge in [0.15, 0.2) is 0 Å². The van der Waals surface area contributed by atoms with E-state index in [1.807, 2.05) is 0 Å². The monoisotopic (exact) mass is 424 g/mol. The summed E-state index contributed by atoms with van der Waals surface area (Å²) in [6.07, 6.45) is -3.26. The number of hydrogen-bond donors (Lipinski definition) is 1. The molecule has 8 heteroatoms. The van der Waals surface area contributed by atoms with Gasteiger partial charge in [-0.15, -0.1) is 13.2 Å². The smallest absolute Gasteiger partial charge is 0.405 e. The molecule has 0 fully saturated rings. The summed E-state index contributed by atoms with van der Waals surface area (Å²) < 4.78 is 42.6. The molecule has 0 saturated heterocycles. The maximum Gasteiger partial charge on any atom is 0.573 e. The molecule has 1 heterocycles. The molecule has 0 amide bonds. The van der Waals surface area contributed by atoms with Gasteiger partial charge in [0.25, 0.3) is 0 Å². The summed E-state index contributed by atoms with van der Waals surface area (Å²) in [5.41, 5.74) is 6.64. The van der Waals surface area contributed by atoms with Gasteiger partial charge in [0.1, 0.15) is 5.75 Å². The molecule has 1 atom stereocenters. The molecule has 3 nitrogen and oxygen atoms in total. The van der Waals surface area contributed by atoms with Crippen LogP contribution in [-0.4, -0.2) is 11.3 Å². The molecule has 0 spiro atoms. The van der Waals surface area contributed by atoms with E-state index >= 15 is 0 Å². The fourth-order valence-corrected chi connectivity index (χ4v) is 2.99. The highest BCUT2D eigenvalue weighted by molar-refractivity contribution is 9.11. The van der Waals surface area contributed by atoms with E-state index in [-0.39, 0.29) is 11.3 Å². The number of pyridine rings is 1. The summed E-state index contributed by atoms with van der Waals surface area (Å²) in [5, 5.41) is 0. The minimum atomic E-state index is -4.78. The van der Waals surface area contributed by atoms with Crippen LogP contribution in [0, 0.1) is 0 Å². The van der Waals surface area contributed by atoms with Crippen molar-refractivity contribution in [3.63, 3.8) is 0 Å². The van der Waals surface area contributed by atoms with E-state index in [9.17, 15) is 13.2 Å². The number of alkyl halides is 3. The highest BCUT2D eigenvalue weighted by Crippen LogP contribution is 2.34. The third-order valence-corrected chi connectivity index (χ3v) is 3.68. The van der Waals surface area contributed by atoms with Gasteiger partial charge in [0.05, 0.1) is 11.7 Å². The number of para-hydroxylation sites is 1. The van der Waals surface area contributed by atoms with E-state index in [4.69, 9.17) is 5.73 Å². The zero-order valence-electron chi connectivity index (χ0n) is 10.4. The molecule has 0 aliphatic rings. The van der Waals surface area contributed by atoms with E-state index in [1.54, 1.807) is 12.1 Å². The van der Waals surface area contributed by atoms with Gasteiger partial charge >= 0.3 is 6.36 Å². The zero-order valence-corrected chi connectivity index (χ0v) is 13.5. The van der Waals surface area contributed by atoms with Crippen LogP contribution in [-0.2, 0) is 0 Å². The fourth-order valence-electron chi connectivity index (χ4n) is 1.76. The van der Waals surface area contributed by atoms with Gasteiger partial charge in [-0.2, -0.15) is 0 Å². The van der Waals surface area contributed by atoms with Crippen molar-refractivity contribution in [1.29, 1.82) is 0 Å². The molecule has 2 aromatic rings. The first-order valence-electron chi connectivity index (χ1n) is 5.69. The number of hydrogen-bond acceptors (Lipinski definition) is 3. The van der Waals surface area contributed by atoms with Crippen molar-refractivity contribution >= 4 is 31.9 Å². The number of rotatable bonds is 3. The van der Waals surface area contributed by atoms with Crippen LogP contribution in [0.1, 0.15) is 17.3 Å². The van der Waals surface area contributed by atoms with E-state index in [1.165, 1.54) is 24.4 Å². The van der Waals surface area contributed by atoms with Crippen LogP contribution in [0.4, 0.5) is 13.2 Å². The predicted molar refractivity (Wildman–Crippen MR) is 78.8 cm³/mol. The first kappa shape index (κ1) is 16.3. The quantitative estimate of drug-likeness (QED) is 0.784. The number of aromatic nitrogens is 1. The van der Waals surface area contributed by atoms with E-state index in [0.29, 0.717) is 10.2 Å². The number of halogens is 5. The van der Waals surface area contributed by atoms with Gasteiger partial charge in [-0.05, 0) is 44.0 Å². The Hall–Kier alpha value is -1.12. The standard InChI is InChI=1S/C13H9Br2F3N2O/c14-7-5-9(15)12(20-6-7)11(19)8-3-1-2-4-10(8)21-13(16,17)18/h1-6,11H,19H2. The van der Waals surface area contributed by atoms with Crippen molar-refractivity contribution in [3.8, 4) is 5.75 Å². The summed E-state index contributed by atoms with van der Waals surface area (Å²) in [5.74, 6) is -0.339. The van der Waals surface area contributed by atoms with Crippen molar-refractivity contribution in [2.24, 2.45) is 5.73 Å². The minimum absolute atomic E-state index is 0.199. The van der Waals surface area contributed by atoms with Crippen molar-refractivity contribution in [2.45, 2.75) is 12.4 Å².